The second-order valence-corrected chi connectivity index (χ2v) is 3.77. The number of nitrogens with one attached hydrogen (secondary N) is 1. The van der Waals surface area contributed by atoms with Crippen LogP contribution in [0.5, 0.6) is 0 Å². The molecule has 9 heteroatoms. The van der Waals surface area contributed by atoms with E-state index in [1.807, 2.05) is 5.32 Å². The van der Waals surface area contributed by atoms with E-state index >= 15 is 0 Å². The van der Waals surface area contributed by atoms with Gasteiger partial charge in [-0.1, -0.05) is 0 Å². The number of hydrogen-bond donors (Lipinski definition) is 3. The number of nitro groups is 1. The summed E-state index contributed by atoms with van der Waals surface area (Å²) in [4.78, 5) is 42.7. The average Bonchev–Trinajstić information content (AvgIpc) is 2.37. The first-order valence-electron chi connectivity index (χ1n) is 5.31. The monoisotopic (exact) mass is 282 g/mol. The molecule has 0 aromatic heterocycles. The Balaban J connectivity index is 2.80. The fourth-order valence-corrected chi connectivity index (χ4v) is 1.35. The van der Waals surface area contributed by atoms with Crippen LogP contribution in [0, 0.1) is 10.1 Å². The summed E-state index contributed by atoms with van der Waals surface area (Å²) in [6, 6.07) is 2.89. The van der Waals surface area contributed by atoms with E-state index < -0.39 is 35.2 Å². The largest absolute Gasteiger partial charge is 0.481 e. The minimum atomic E-state index is -1.57. The molecule has 0 saturated carbocycles. The van der Waals surface area contributed by atoms with Crippen molar-refractivity contribution in [1.82, 2.24) is 5.32 Å². The normalized spacial score (nSPS) is 11.4. The molecule has 1 atom stereocenters. The Morgan fingerprint density at radius 2 is 1.75 bits per heavy atom. The zero-order chi connectivity index (χ0) is 15.3. The number of rotatable bonds is 6. The maximum Gasteiger partial charge on any atom is 0.326 e. The third-order valence-electron chi connectivity index (χ3n) is 2.32. The van der Waals surface area contributed by atoms with Gasteiger partial charge in [0.05, 0.1) is 11.3 Å². The van der Waals surface area contributed by atoms with Gasteiger partial charge in [-0.05, 0) is 12.1 Å². The molecule has 0 aliphatic rings. The first kappa shape index (κ1) is 15.1. The Labute approximate surface area is 112 Å². The van der Waals surface area contributed by atoms with Gasteiger partial charge < -0.3 is 15.5 Å². The number of carboxylic acids is 2. The number of carbonyl (C=O) groups excluding carboxylic acids is 1. The molecule has 0 unspecified atom stereocenters. The maximum absolute atomic E-state index is 11.7. The lowest BCUT2D eigenvalue weighted by molar-refractivity contribution is -0.384. The number of benzene rings is 1. The second-order valence-electron chi connectivity index (χ2n) is 3.77. The SMILES string of the molecule is O=C(O)C[C@H](NC(=O)c1ccc([N+](=O)[O-])cc1)C(=O)O. The van der Waals surface area contributed by atoms with Crippen LogP contribution in [-0.2, 0) is 9.59 Å². The van der Waals surface area contributed by atoms with Crippen LogP contribution in [0.15, 0.2) is 24.3 Å². The molecule has 1 amide bonds. The fraction of sp³-hybridized carbons (Fsp3) is 0.182. The van der Waals surface area contributed by atoms with Gasteiger partial charge in [0.25, 0.3) is 11.6 Å². The van der Waals surface area contributed by atoms with Crippen molar-refractivity contribution in [3.8, 4) is 0 Å². The number of nitro benzene ring substituents is 1. The first-order chi connectivity index (χ1) is 9.31. The van der Waals surface area contributed by atoms with E-state index in [0.717, 1.165) is 24.3 Å². The predicted molar refractivity (Wildman–Crippen MR) is 64.2 cm³/mol. The van der Waals surface area contributed by atoms with Crippen molar-refractivity contribution < 1.29 is 29.5 Å². The number of hydrogen-bond acceptors (Lipinski definition) is 5. The molecule has 1 aromatic carbocycles. The van der Waals surface area contributed by atoms with Crippen LogP contribution >= 0.6 is 0 Å². The van der Waals surface area contributed by atoms with Gasteiger partial charge in [0, 0.05) is 17.7 Å². The number of nitrogens with zero attached hydrogens (tertiary/aromatic N) is 1. The summed E-state index contributed by atoms with van der Waals surface area (Å²) in [6.07, 6.45) is -0.770. The van der Waals surface area contributed by atoms with Gasteiger partial charge in [0.2, 0.25) is 0 Å². The van der Waals surface area contributed by atoms with Gasteiger partial charge in [-0.3, -0.25) is 19.7 Å². The molecule has 0 heterocycles. The Bertz CT molecular complexity index is 552. The minimum Gasteiger partial charge on any atom is -0.481 e. The summed E-state index contributed by atoms with van der Waals surface area (Å²) in [5, 5.41) is 29.7. The van der Waals surface area contributed by atoms with Crippen molar-refractivity contribution in [2.24, 2.45) is 0 Å². The number of amides is 1. The quantitative estimate of drug-likeness (QED) is 0.500. The highest BCUT2D eigenvalue weighted by Gasteiger charge is 2.23. The molecule has 106 valence electrons. The lowest BCUT2D eigenvalue weighted by atomic mass is 10.1. The molecule has 0 aliphatic carbocycles. The van der Waals surface area contributed by atoms with Crippen molar-refractivity contribution in [2.75, 3.05) is 0 Å². The standard InChI is InChI=1S/C11H10N2O7/c14-9(15)5-8(11(17)18)12-10(16)6-1-3-7(4-2-6)13(19)20/h1-4,8H,5H2,(H,12,16)(H,14,15)(H,17,18)/t8-/m0/s1. The Hall–Kier alpha value is -2.97. The van der Waals surface area contributed by atoms with E-state index in [9.17, 15) is 24.5 Å². The lowest BCUT2D eigenvalue weighted by Crippen LogP contribution is -2.42. The first-order valence-corrected chi connectivity index (χ1v) is 5.31. The average molecular weight is 282 g/mol. The summed E-state index contributed by atoms with van der Waals surface area (Å²) < 4.78 is 0. The van der Waals surface area contributed by atoms with Gasteiger partial charge in [0.1, 0.15) is 6.04 Å². The Kier molecular flexibility index (Phi) is 4.73. The Morgan fingerprint density at radius 3 is 2.15 bits per heavy atom. The number of carbonyl (C=O) groups is 3. The summed E-state index contributed by atoms with van der Waals surface area (Å²) in [6.45, 7) is 0. The third kappa shape index (κ3) is 4.05. The van der Waals surface area contributed by atoms with Gasteiger partial charge in [0.15, 0.2) is 0 Å². The highest BCUT2D eigenvalue weighted by Crippen LogP contribution is 2.12. The van der Waals surface area contributed by atoms with Gasteiger partial charge in [-0.15, -0.1) is 0 Å². The number of aliphatic carboxylic acids is 2. The molecule has 0 radical (unpaired) electrons. The summed E-state index contributed by atoms with van der Waals surface area (Å²) in [5.74, 6) is -3.68. The van der Waals surface area contributed by atoms with Crippen LogP contribution in [0.1, 0.15) is 16.8 Å². The van der Waals surface area contributed by atoms with Crippen LogP contribution < -0.4 is 5.32 Å². The van der Waals surface area contributed by atoms with E-state index in [1.165, 1.54) is 0 Å². The Morgan fingerprint density at radius 1 is 1.20 bits per heavy atom. The molecule has 1 aromatic rings. The van der Waals surface area contributed by atoms with Crippen molar-refractivity contribution in [2.45, 2.75) is 12.5 Å². The van der Waals surface area contributed by atoms with Crippen molar-refractivity contribution in [3.05, 3.63) is 39.9 Å². The highest BCUT2D eigenvalue weighted by atomic mass is 16.6. The zero-order valence-corrected chi connectivity index (χ0v) is 9.98. The van der Waals surface area contributed by atoms with Crippen LogP contribution in [-0.4, -0.2) is 39.0 Å². The molecule has 0 bridgehead atoms. The summed E-state index contributed by atoms with van der Waals surface area (Å²) in [5.41, 5.74) is -0.228. The highest BCUT2D eigenvalue weighted by molar-refractivity contribution is 5.97. The molecule has 0 aliphatic heterocycles. The predicted octanol–water partition coefficient (Wildman–Crippen LogP) is 0.253. The summed E-state index contributed by atoms with van der Waals surface area (Å²) in [7, 11) is 0. The van der Waals surface area contributed by atoms with Crippen molar-refractivity contribution >= 4 is 23.5 Å². The molecule has 0 fully saturated rings. The van der Waals surface area contributed by atoms with E-state index in [-0.39, 0.29) is 11.3 Å². The van der Waals surface area contributed by atoms with Crippen LogP contribution in [0.2, 0.25) is 0 Å². The number of non-ortho nitro benzene ring substituents is 1. The van der Waals surface area contributed by atoms with Gasteiger partial charge >= 0.3 is 11.9 Å². The van der Waals surface area contributed by atoms with Crippen molar-refractivity contribution in [3.63, 3.8) is 0 Å². The molecule has 20 heavy (non-hydrogen) atoms. The van der Waals surface area contributed by atoms with Crippen LogP contribution in [0.3, 0.4) is 0 Å². The van der Waals surface area contributed by atoms with Gasteiger partial charge in [-0.25, -0.2) is 4.79 Å². The molecule has 0 spiro atoms. The van der Waals surface area contributed by atoms with Gasteiger partial charge in [-0.2, -0.15) is 0 Å². The molecular weight excluding hydrogens is 272 g/mol. The summed E-state index contributed by atoms with van der Waals surface area (Å²) >= 11 is 0. The van der Waals surface area contributed by atoms with Crippen LogP contribution in [0.4, 0.5) is 5.69 Å². The number of carboxylic acid groups (broad SMARTS) is 2. The molecule has 0 saturated heterocycles. The van der Waals surface area contributed by atoms with E-state index in [4.69, 9.17) is 10.2 Å². The van der Waals surface area contributed by atoms with Crippen LogP contribution in [0.25, 0.3) is 0 Å². The fourth-order valence-electron chi connectivity index (χ4n) is 1.35. The zero-order valence-electron chi connectivity index (χ0n) is 9.98. The third-order valence-corrected chi connectivity index (χ3v) is 2.32. The van der Waals surface area contributed by atoms with E-state index in [1.54, 1.807) is 0 Å². The molecule has 9 nitrogen and oxygen atoms in total. The van der Waals surface area contributed by atoms with E-state index in [0.29, 0.717) is 0 Å². The maximum atomic E-state index is 11.7. The lowest BCUT2D eigenvalue weighted by Gasteiger charge is -2.12. The van der Waals surface area contributed by atoms with Crippen molar-refractivity contribution in [1.29, 1.82) is 0 Å². The molecular formula is C11H10N2O7. The topological polar surface area (TPSA) is 147 Å². The second kappa shape index (κ2) is 6.27. The smallest absolute Gasteiger partial charge is 0.326 e. The molecule has 1 rings (SSSR count). The minimum absolute atomic E-state index is 0.00719. The van der Waals surface area contributed by atoms with E-state index in [2.05, 4.69) is 0 Å². The molecule has 3 N–H and O–H groups in total.